The zero-order chi connectivity index (χ0) is 28.1. The molecule has 2 amide bonds. The zero-order valence-corrected chi connectivity index (χ0v) is 24.2. The van der Waals surface area contributed by atoms with Crippen molar-refractivity contribution >= 4 is 12.0 Å². The third kappa shape index (κ3) is 9.52. The average Bonchev–Trinajstić information content (AvgIpc) is 3.56. The number of hydrogen-bond acceptors (Lipinski definition) is 7. The molecule has 3 aliphatic rings. The van der Waals surface area contributed by atoms with Gasteiger partial charge in [-0.2, -0.15) is 0 Å². The summed E-state index contributed by atoms with van der Waals surface area (Å²) in [5.41, 5.74) is 0.590. The van der Waals surface area contributed by atoms with Gasteiger partial charge in [-0.1, -0.05) is 23.8 Å². The molecular weight excluding hydrogens is 488 g/mol. The number of carbonyl (C=O) groups excluding carboxylic acids is 2. The fourth-order valence-corrected chi connectivity index (χ4v) is 4.53. The first kappa shape index (κ1) is 30.3. The lowest BCUT2D eigenvalue weighted by Gasteiger charge is -2.38. The monoisotopic (exact) mass is 534 g/mol. The minimum atomic E-state index is -0.537. The number of amides is 2. The number of hydrogen-bond donors (Lipinski definition) is 1. The number of carbonyl (C=O) groups is 2. The first-order valence-corrected chi connectivity index (χ1v) is 13.5. The first-order chi connectivity index (χ1) is 17.7. The Morgan fingerprint density at radius 3 is 2.45 bits per heavy atom. The molecule has 9 nitrogen and oxygen atoms in total. The molecule has 3 saturated heterocycles. The van der Waals surface area contributed by atoms with Gasteiger partial charge in [0, 0.05) is 37.9 Å². The van der Waals surface area contributed by atoms with Crippen LogP contribution in [0.2, 0.25) is 0 Å². The summed E-state index contributed by atoms with van der Waals surface area (Å²) in [7, 11) is 1.68. The maximum atomic E-state index is 12.3. The third-order valence-electron chi connectivity index (χ3n) is 6.95. The van der Waals surface area contributed by atoms with E-state index >= 15 is 0 Å². The van der Waals surface area contributed by atoms with Gasteiger partial charge in [0.1, 0.15) is 6.10 Å². The topological polar surface area (TPSA) is 98.9 Å². The number of ether oxygens (including phenoxy) is 5. The van der Waals surface area contributed by atoms with E-state index in [0.29, 0.717) is 19.6 Å². The fraction of sp³-hybridized carbons (Fsp3) is 0.724. The quantitative estimate of drug-likeness (QED) is 0.282. The van der Waals surface area contributed by atoms with Crippen LogP contribution in [-0.2, 0) is 28.5 Å². The molecule has 0 bridgehead atoms. The van der Waals surface area contributed by atoms with Gasteiger partial charge < -0.3 is 33.9 Å². The van der Waals surface area contributed by atoms with E-state index in [-0.39, 0.29) is 41.1 Å². The van der Waals surface area contributed by atoms with E-state index in [4.69, 9.17) is 23.7 Å². The van der Waals surface area contributed by atoms with Crippen molar-refractivity contribution in [3.8, 4) is 0 Å². The minimum Gasteiger partial charge on any atom is -0.442 e. The second kappa shape index (κ2) is 12.3. The second-order valence-electron chi connectivity index (χ2n) is 12.3. The van der Waals surface area contributed by atoms with Crippen LogP contribution in [0.3, 0.4) is 0 Å². The van der Waals surface area contributed by atoms with Gasteiger partial charge >= 0.3 is 6.09 Å². The highest BCUT2D eigenvalue weighted by molar-refractivity contribution is 5.87. The molecule has 3 fully saturated rings. The Labute approximate surface area is 227 Å². The molecule has 3 heterocycles. The van der Waals surface area contributed by atoms with E-state index in [1.807, 2.05) is 27.7 Å². The third-order valence-corrected chi connectivity index (χ3v) is 6.95. The predicted molar refractivity (Wildman–Crippen MR) is 145 cm³/mol. The van der Waals surface area contributed by atoms with Gasteiger partial charge in [-0.25, -0.2) is 4.79 Å². The molecule has 0 aromatic rings. The summed E-state index contributed by atoms with van der Waals surface area (Å²) in [5, 5.41) is 2.86. The van der Waals surface area contributed by atoms with Crippen LogP contribution in [0.4, 0.5) is 4.79 Å². The normalized spacial score (nSPS) is 30.4. The maximum Gasteiger partial charge on any atom is 0.410 e. The molecule has 3 aliphatic heterocycles. The molecule has 1 spiro atoms. The summed E-state index contributed by atoms with van der Waals surface area (Å²) in [6.07, 6.45) is 10.4. The Balaban J connectivity index is 1.35. The maximum absolute atomic E-state index is 12.3. The van der Waals surface area contributed by atoms with Crippen LogP contribution < -0.4 is 5.32 Å². The Morgan fingerprint density at radius 1 is 1.18 bits per heavy atom. The molecular formula is C29H46N2O7. The molecule has 1 N–H and O–H groups in total. The minimum absolute atomic E-state index is 0.00802. The molecule has 3 atom stereocenters. The SMILES string of the molecule is CC(/C=C/[C@@H]1C[C@]2(CO2)CC(C)(C)O1)=C\CC1OCC(NC(=O)/C=C\[C@H](C)OC(=O)N(C)C(C)(C)C)CO1. The molecule has 3 rings (SSSR count). The van der Waals surface area contributed by atoms with Gasteiger partial charge in [0.05, 0.1) is 43.2 Å². The van der Waals surface area contributed by atoms with Crippen molar-refractivity contribution in [2.75, 3.05) is 26.9 Å². The van der Waals surface area contributed by atoms with E-state index < -0.39 is 12.2 Å². The standard InChI is InChI=1S/C29H46N2O7/c1-20(9-12-23-15-29(19-36-29)18-28(6,7)38-23)10-14-25-34-16-22(17-35-25)30-24(32)13-11-21(2)37-26(33)31(8)27(3,4)5/h9-13,21-23,25H,14-19H2,1-8H3,(H,30,32)/b12-9+,13-11-,20-10+/t21-,22?,23+,25?,29+/m0/s1. The molecule has 0 aromatic carbocycles. The Morgan fingerprint density at radius 2 is 1.84 bits per heavy atom. The van der Waals surface area contributed by atoms with Gasteiger partial charge in [-0.05, 0) is 54.5 Å². The van der Waals surface area contributed by atoms with Gasteiger partial charge in [0.15, 0.2) is 6.29 Å². The highest BCUT2D eigenvalue weighted by Crippen LogP contribution is 2.46. The molecule has 0 aliphatic carbocycles. The van der Waals surface area contributed by atoms with Crippen LogP contribution in [0.15, 0.2) is 36.0 Å². The van der Waals surface area contributed by atoms with Crippen molar-refractivity contribution < 1.29 is 33.3 Å². The van der Waals surface area contributed by atoms with E-state index in [1.54, 1.807) is 20.0 Å². The van der Waals surface area contributed by atoms with Gasteiger partial charge in [0.2, 0.25) is 5.91 Å². The highest BCUT2D eigenvalue weighted by atomic mass is 16.7. The van der Waals surface area contributed by atoms with Crippen molar-refractivity contribution in [2.45, 2.75) is 109 Å². The molecule has 38 heavy (non-hydrogen) atoms. The fourth-order valence-electron chi connectivity index (χ4n) is 4.53. The Bertz CT molecular complexity index is 916. The second-order valence-corrected chi connectivity index (χ2v) is 12.3. The molecule has 0 radical (unpaired) electrons. The lowest BCUT2D eigenvalue weighted by atomic mass is 9.85. The van der Waals surface area contributed by atoms with Crippen LogP contribution in [0.5, 0.6) is 0 Å². The molecule has 9 heteroatoms. The lowest BCUT2D eigenvalue weighted by Crippen LogP contribution is -2.46. The van der Waals surface area contributed by atoms with Crippen molar-refractivity contribution in [1.29, 1.82) is 0 Å². The molecule has 214 valence electrons. The van der Waals surface area contributed by atoms with Crippen LogP contribution in [-0.4, -0.2) is 85.0 Å². The molecule has 0 saturated carbocycles. The summed E-state index contributed by atoms with van der Waals surface area (Å²) in [6.45, 7) is 15.3. The number of rotatable bonds is 8. The first-order valence-electron chi connectivity index (χ1n) is 13.5. The van der Waals surface area contributed by atoms with E-state index in [1.165, 1.54) is 11.0 Å². The van der Waals surface area contributed by atoms with Crippen molar-refractivity contribution in [3.63, 3.8) is 0 Å². The number of nitrogens with zero attached hydrogens (tertiary/aromatic N) is 1. The van der Waals surface area contributed by atoms with Gasteiger partial charge in [-0.15, -0.1) is 0 Å². The Kier molecular flexibility index (Phi) is 9.84. The van der Waals surface area contributed by atoms with E-state index in [9.17, 15) is 9.59 Å². The summed E-state index contributed by atoms with van der Waals surface area (Å²) in [6, 6.07) is -0.248. The summed E-state index contributed by atoms with van der Waals surface area (Å²) < 4.78 is 28.9. The molecule has 0 aromatic heterocycles. The lowest BCUT2D eigenvalue weighted by molar-refractivity contribution is -0.187. The van der Waals surface area contributed by atoms with Crippen LogP contribution in [0, 0.1) is 0 Å². The van der Waals surface area contributed by atoms with Gasteiger partial charge in [-0.3, -0.25) is 4.79 Å². The van der Waals surface area contributed by atoms with Crippen molar-refractivity contribution in [2.24, 2.45) is 0 Å². The van der Waals surface area contributed by atoms with Gasteiger partial charge in [0.25, 0.3) is 0 Å². The average molecular weight is 535 g/mol. The predicted octanol–water partition coefficient (Wildman–Crippen LogP) is 4.27. The van der Waals surface area contributed by atoms with Crippen molar-refractivity contribution in [1.82, 2.24) is 10.2 Å². The van der Waals surface area contributed by atoms with Crippen LogP contribution in [0.25, 0.3) is 0 Å². The number of epoxide rings is 1. The van der Waals surface area contributed by atoms with E-state index in [2.05, 4.69) is 37.4 Å². The zero-order valence-electron chi connectivity index (χ0n) is 24.2. The summed E-state index contributed by atoms with van der Waals surface area (Å²) in [5.74, 6) is -0.292. The Hall–Kier alpha value is -2.20. The number of nitrogens with one attached hydrogen (secondary N) is 1. The number of allylic oxidation sites excluding steroid dienone is 2. The van der Waals surface area contributed by atoms with E-state index in [0.717, 1.165) is 25.0 Å². The highest BCUT2D eigenvalue weighted by Gasteiger charge is 2.53. The summed E-state index contributed by atoms with van der Waals surface area (Å²) >= 11 is 0. The largest absolute Gasteiger partial charge is 0.442 e. The summed E-state index contributed by atoms with van der Waals surface area (Å²) in [4.78, 5) is 26.0. The smallest absolute Gasteiger partial charge is 0.410 e. The van der Waals surface area contributed by atoms with Crippen LogP contribution >= 0.6 is 0 Å². The van der Waals surface area contributed by atoms with Crippen LogP contribution in [0.1, 0.15) is 67.7 Å². The molecule has 0 unspecified atom stereocenters. The van der Waals surface area contributed by atoms with Crippen molar-refractivity contribution in [3.05, 3.63) is 36.0 Å².